The van der Waals surface area contributed by atoms with Crippen LogP contribution in [0.1, 0.15) is 30.6 Å². The number of halogens is 1. The normalized spacial score (nSPS) is 15.9. The van der Waals surface area contributed by atoms with Gasteiger partial charge in [-0.15, -0.1) is 0 Å². The van der Waals surface area contributed by atoms with Crippen molar-refractivity contribution in [2.45, 2.75) is 20.3 Å². The highest BCUT2D eigenvalue weighted by atomic mass is 19.1. The first-order chi connectivity index (χ1) is 17.5. The number of carbonyl (C=O) groups excluding carboxylic acids is 1. The second-order valence-corrected chi connectivity index (χ2v) is 9.81. The number of hydrogen-bond acceptors (Lipinski definition) is 4. The van der Waals surface area contributed by atoms with Gasteiger partial charge in [0.1, 0.15) is 11.5 Å². The van der Waals surface area contributed by atoms with E-state index in [0.717, 1.165) is 41.7 Å². The fourth-order valence-electron chi connectivity index (χ4n) is 5.17. The van der Waals surface area contributed by atoms with Crippen molar-refractivity contribution >= 4 is 27.8 Å². The van der Waals surface area contributed by atoms with Gasteiger partial charge in [-0.3, -0.25) is 14.8 Å². The Balaban J connectivity index is 1.40. The van der Waals surface area contributed by atoms with E-state index in [1.54, 1.807) is 30.7 Å². The van der Waals surface area contributed by atoms with Crippen LogP contribution in [0.2, 0.25) is 0 Å². The molecular weight excluding hydrogens is 453 g/mol. The molecule has 1 aliphatic heterocycles. The third kappa shape index (κ3) is 3.81. The summed E-state index contributed by atoms with van der Waals surface area (Å²) >= 11 is 0. The molecule has 180 valence electrons. The molecule has 0 spiro atoms. The maximum atomic E-state index is 15.3. The number of amides is 1. The minimum Gasteiger partial charge on any atom is -0.338 e. The van der Waals surface area contributed by atoms with Gasteiger partial charge in [-0.2, -0.15) is 0 Å². The van der Waals surface area contributed by atoms with Crippen molar-refractivity contribution in [3.05, 3.63) is 78.6 Å². The molecule has 1 aliphatic rings. The molecule has 6 rings (SSSR count). The summed E-state index contributed by atoms with van der Waals surface area (Å²) < 4.78 is 15.3. The van der Waals surface area contributed by atoms with E-state index < -0.39 is 5.82 Å². The Morgan fingerprint density at radius 1 is 1.08 bits per heavy atom. The van der Waals surface area contributed by atoms with Crippen molar-refractivity contribution in [2.24, 2.45) is 11.8 Å². The van der Waals surface area contributed by atoms with E-state index in [4.69, 9.17) is 0 Å². The van der Waals surface area contributed by atoms with Gasteiger partial charge >= 0.3 is 0 Å². The van der Waals surface area contributed by atoms with Crippen LogP contribution in [0.3, 0.4) is 0 Å². The van der Waals surface area contributed by atoms with E-state index >= 15 is 4.39 Å². The predicted octanol–water partition coefficient (Wildman–Crippen LogP) is 6.10. The fraction of sp³-hybridized carbons (Fsp3) is 0.241. The van der Waals surface area contributed by atoms with Crippen LogP contribution >= 0.6 is 0 Å². The highest BCUT2D eigenvalue weighted by Crippen LogP contribution is 2.37. The highest BCUT2D eigenvalue weighted by molar-refractivity contribution is 6.13. The smallest absolute Gasteiger partial charge is 0.253 e. The Morgan fingerprint density at radius 3 is 2.64 bits per heavy atom. The number of likely N-dealkylation sites (tertiary alicyclic amines) is 1. The van der Waals surface area contributed by atoms with Crippen molar-refractivity contribution in [3.8, 4) is 22.4 Å². The van der Waals surface area contributed by atoms with E-state index in [0.29, 0.717) is 39.6 Å². The number of rotatable bonds is 4. The van der Waals surface area contributed by atoms with Crippen molar-refractivity contribution in [1.29, 1.82) is 0 Å². The first kappa shape index (κ1) is 22.3. The molecule has 7 heteroatoms. The van der Waals surface area contributed by atoms with Crippen molar-refractivity contribution < 1.29 is 9.18 Å². The molecule has 0 bridgehead atoms. The summed E-state index contributed by atoms with van der Waals surface area (Å²) in [5.41, 5.74) is 4.76. The summed E-state index contributed by atoms with van der Waals surface area (Å²) in [5.74, 6) is 0.721. The Hall–Kier alpha value is -4.13. The summed E-state index contributed by atoms with van der Waals surface area (Å²) in [4.78, 5) is 31.3. The third-order valence-electron chi connectivity index (χ3n) is 7.29. The second-order valence-electron chi connectivity index (χ2n) is 9.81. The molecule has 1 amide bonds. The average Bonchev–Trinajstić information content (AvgIpc) is 3.54. The number of nitrogens with zero attached hydrogens (tertiary/aromatic N) is 4. The molecule has 1 N–H and O–H groups in total. The molecule has 36 heavy (non-hydrogen) atoms. The molecule has 0 saturated carbocycles. The number of benzene rings is 1. The van der Waals surface area contributed by atoms with Crippen LogP contribution in [-0.4, -0.2) is 43.8 Å². The van der Waals surface area contributed by atoms with Crippen LogP contribution < -0.4 is 0 Å². The van der Waals surface area contributed by atoms with Crippen LogP contribution in [0.5, 0.6) is 0 Å². The summed E-state index contributed by atoms with van der Waals surface area (Å²) in [5, 5.41) is 1.52. The molecule has 0 aliphatic carbocycles. The number of carbonyl (C=O) groups is 1. The Morgan fingerprint density at radius 2 is 1.92 bits per heavy atom. The maximum Gasteiger partial charge on any atom is 0.253 e. The zero-order valence-corrected chi connectivity index (χ0v) is 20.2. The lowest BCUT2D eigenvalue weighted by molar-refractivity contribution is 0.0784. The molecule has 4 aromatic heterocycles. The number of aromatic amines is 1. The zero-order chi connectivity index (χ0) is 24.8. The van der Waals surface area contributed by atoms with E-state index in [2.05, 4.69) is 33.8 Å². The van der Waals surface area contributed by atoms with Crippen LogP contribution in [0.4, 0.5) is 4.39 Å². The van der Waals surface area contributed by atoms with Gasteiger partial charge in [0.05, 0.1) is 23.6 Å². The average molecular weight is 480 g/mol. The first-order valence-corrected chi connectivity index (χ1v) is 12.3. The lowest BCUT2D eigenvalue weighted by atomic mass is 9.95. The standard InChI is InChI=1S/C29H26FN5O/c1-17(2)21-9-11-35(16-21)29(36)19-7-5-18(6-8-19)26-23(30)14-33-28-27(26)22-12-24(32-15-25(22)34-28)20-4-3-10-31-13-20/h3-8,10,12-15,17,21H,9,11,16H2,1-2H3,(H,33,34)/t21-/m1/s1. The minimum absolute atomic E-state index is 0.0318. The van der Waals surface area contributed by atoms with E-state index in [1.165, 1.54) is 6.20 Å². The first-order valence-electron chi connectivity index (χ1n) is 12.3. The topological polar surface area (TPSA) is 74.8 Å². The molecule has 6 nitrogen and oxygen atoms in total. The molecule has 0 unspecified atom stereocenters. The quantitative estimate of drug-likeness (QED) is 0.338. The minimum atomic E-state index is -0.415. The van der Waals surface area contributed by atoms with Gasteiger partial charge in [0.2, 0.25) is 0 Å². The molecular formula is C29H26FN5O. The van der Waals surface area contributed by atoms with Crippen LogP contribution in [0.25, 0.3) is 44.3 Å². The van der Waals surface area contributed by atoms with Gasteiger partial charge < -0.3 is 9.88 Å². The summed E-state index contributed by atoms with van der Waals surface area (Å²) in [6, 6.07) is 13.0. The van der Waals surface area contributed by atoms with E-state index in [9.17, 15) is 4.79 Å². The summed E-state index contributed by atoms with van der Waals surface area (Å²) in [6.07, 6.45) is 7.48. The summed E-state index contributed by atoms with van der Waals surface area (Å²) in [6.45, 7) is 5.99. The zero-order valence-electron chi connectivity index (χ0n) is 20.2. The van der Waals surface area contributed by atoms with Gasteiger partial charge in [-0.05, 0) is 54.2 Å². The molecule has 1 aromatic carbocycles. The lowest BCUT2D eigenvalue weighted by Gasteiger charge is -2.18. The highest BCUT2D eigenvalue weighted by Gasteiger charge is 2.28. The Bertz CT molecular complexity index is 1580. The monoisotopic (exact) mass is 479 g/mol. The van der Waals surface area contributed by atoms with Gasteiger partial charge in [-0.25, -0.2) is 9.37 Å². The van der Waals surface area contributed by atoms with Gasteiger partial charge in [0.15, 0.2) is 0 Å². The Labute approximate surface area is 208 Å². The van der Waals surface area contributed by atoms with Crippen LogP contribution in [0, 0.1) is 17.7 Å². The number of pyridine rings is 3. The van der Waals surface area contributed by atoms with Gasteiger partial charge in [0, 0.05) is 52.9 Å². The van der Waals surface area contributed by atoms with E-state index in [-0.39, 0.29) is 5.91 Å². The van der Waals surface area contributed by atoms with Crippen LogP contribution in [-0.2, 0) is 0 Å². The molecule has 0 radical (unpaired) electrons. The molecule has 1 atom stereocenters. The van der Waals surface area contributed by atoms with E-state index in [1.807, 2.05) is 35.2 Å². The maximum absolute atomic E-state index is 15.3. The lowest BCUT2D eigenvalue weighted by Crippen LogP contribution is -2.29. The third-order valence-corrected chi connectivity index (χ3v) is 7.29. The van der Waals surface area contributed by atoms with Gasteiger partial charge in [0.25, 0.3) is 5.91 Å². The molecule has 1 saturated heterocycles. The summed E-state index contributed by atoms with van der Waals surface area (Å²) in [7, 11) is 0. The fourth-order valence-corrected chi connectivity index (χ4v) is 5.17. The second kappa shape index (κ2) is 8.82. The van der Waals surface area contributed by atoms with Crippen LogP contribution in [0.15, 0.2) is 67.3 Å². The number of hydrogen-bond donors (Lipinski definition) is 1. The predicted molar refractivity (Wildman–Crippen MR) is 139 cm³/mol. The SMILES string of the molecule is CC(C)[C@@H]1CCN(C(=O)c2ccc(-c3c(F)cnc4[nH]c5cnc(-c6cccnc6)cc5c34)cc2)C1. The largest absolute Gasteiger partial charge is 0.338 e. The molecule has 1 fully saturated rings. The molecule has 5 aromatic rings. The number of H-pyrrole nitrogens is 1. The number of nitrogens with one attached hydrogen (secondary N) is 1. The molecule has 5 heterocycles. The van der Waals surface area contributed by atoms with Crippen molar-refractivity contribution in [2.75, 3.05) is 13.1 Å². The number of fused-ring (bicyclic) bond motifs is 3. The number of aromatic nitrogens is 4. The van der Waals surface area contributed by atoms with Crippen molar-refractivity contribution in [1.82, 2.24) is 24.8 Å². The Kier molecular flexibility index (Phi) is 5.48. The van der Waals surface area contributed by atoms with Crippen molar-refractivity contribution in [3.63, 3.8) is 0 Å². The van der Waals surface area contributed by atoms with Gasteiger partial charge in [-0.1, -0.05) is 26.0 Å².